The van der Waals surface area contributed by atoms with E-state index in [1.807, 2.05) is 0 Å². The first-order chi connectivity index (χ1) is 13.3. The van der Waals surface area contributed by atoms with Crippen molar-refractivity contribution in [3.63, 3.8) is 0 Å². The highest BCUT2D eigenvalue weighted by atomic mass is 32.1. The molecule has 0 saturated carbocycles. The molecule has 0 bridgehead atoms. The van der Waals surface area contributed by atoms with Gasteiger partial charge in [-0.2, -0.15) is 0 Å². The van der Waals surface area contributed by atoms with Crippen molar-refractivity contribution in [2.75, 3.05) is 10.6 Å². The maximum atomic E-state index is 13.5. The van der Waals surface area contributed by atoms with E-state index in [1.165, 1.54) is 24.3 Å². The fourth-order valence-electron chi connectivity index (χ4n) is 2.62. The Balaban J connectivity index is 1.67. The highest BCUT2D eigenvalue weighted by Crippen LogP contribution is 2.31. The second-order valence-corrected chi connectivity index (χ2v) is 7.36. The molecule has 8 heteroatoms. The zero-order chi connectivity index (χ0) is 20.3. The van der Waals surface area contributed by atoms with E-state index in [2.05, 4.69) is 15.6 Å². The molecule has 0 radical (unpaired) electrons. The van der Waals surface area contributed by atoms with Crippen molar-refractivity contribution in [2.24, 2.45) is 0 Å². The molecule has 144 valence electrons. The van der Waals surface area contributed by atoms with Gasteiger partial charge in [0.1, 0.15) is 0 Å². The third-order valence-corrected chi connectivity index (χ3v) is 4.76. The third-order valence-electron chi connectivity index (χ3n) is 3.87. The quantitative estimate of drug-likeness (QED) is 0.660. The zero-order valence-electron chi connectivity index (χ0n) is 15.2. The van der Waals surface area contributed by atoms with Crippen molar-refractivity contribution in [3.8, 4) is 11.3 Å². The number of benzene rings is 2. The molecule has 0 saturated heterocycles. The second kappa shape index (κ2) is 8.26. The SMILES string of the molecule is CC(=O)Nc1ccc(CC(=O)Nc2nc(-c3ccc(F)c(F)c3)c(C)s2)cc1. The van der Waals surface area contributed by atoms with Crippen LogP contribution in [0.3, 0.4) is 0 Å². The van der Waals surface area contributed by atoms with E-state index < -0.39 is 11.6 Å². The Bertz CT molecular complexity index is 1030. The maximum Gasteiger partial charge on any atom is 0.230 e. The van der Waals surface area contributed by atoms with Gasteiger partial charge in [-0.3, -0.25) is 9.59 Å². The molecule has 0 fully saturated rings. The summed E-state index contributed by atoms with van der Waals surface area (Å²) in [6.07, 6.45) is 0.138. The van der Waals surface area contributed by atoms with Crippen LogP contribution in [0.1, 0.15) is 17.4 Å². The fraction of sp³-hybridized carbons (Fsp3) is 0.150. The summed E-state index contributed by atoms with van der Waals surface area (Å²) >= 11 is 1.26. The van der Waals surface area contributed by atoms with Crippen LogP contribution >= 0.6 is 11.3 Å². The van der Waals surface area contributed by atoms with Crippen LogP contribution in [0.15, 0.2) is 42.5 Å². The molecular formula is C20H17F2N3O2S. The number of halogens is 2. The number of amides is 2. The zero-order valence-corrected chi connectivity index (χ0v) is 16.0. The first-order valence-electron chi connectivity index (χ1n) is 8.41. The second-order valence-electron chi connectivity index (χ2n) is 6.16. The molecule has 1 heterocycles. The number of aryl methyl sites for hydroxylation is 1. The van der Waals surface area contributed by atoms with E-state index in [9.17, 15) is 18.4 Å². The molecular weight excluding hydrogens is 384 g/mol. The largest absolute Gasteiger partial charge is 0.326 e. The van der Waals surface area contributed by atoms with Crippen LogP contribution in [0.25, 0.3) is 11.3 Å². The fourth-order valence-corrected chi connectivity index (χ4v) is 3.47. The van der Waals surface area contributed by atoms with Crippen LogP contribution in [0.5, 0.6) is 0 Å². The number of rotatable bonds is 5. The minimum Gasteiger partial charge on any atom is -0.326 e. The van der Waals surface area contributed by atoms with Gasteiger partial charge in [-0.05, 0) is 42.8 Å². The van der Waals surface area contributed by atoms with Gasteiger partial charge in [0, 0.05) is 23.1 Å². The molecule has 3 aromatic rings. The summed E-state index contributed by atoms with van der Waals surface area (Å²) in [4.78, 5) is 28.4. The summed E-state index contributed by atoms with van der Waals surface area (Å²) < 4.78 is 26.6. The van der Waals surface area contributed by atoms with E-state index in [0.717, 1.165) is 22.6 Å². The smallest absolute Gasteiger partial charge is 0.230 e. The number of nitrogens with one attached hydrogen (secondary N) is 2. The minimum absolute atomic E-state index is 0.138. The Morgan fingerprint density at radius 3 is 2.39 bits per heavy atom. The Labute approximate surface area is 164 Å². The molecule has 5 nitrogen and oxygen atoms in total. The van der Waals surface area contributed by atoms with Gasteiger partial charge in [0.05, 0.1) is 12.1 Å². The summed E-state index contributed by atoms with van der Waals surface area (Å²) in [6, 6.07) is 10.5. The Hall–Kier alpha value is -3.13. The van der Waals surface area contributed by atoms with E-state index >= 15 is 0 Å². The van der Waals surface area contributed by atoms with Crippen molar-refractivity contribution in [2.45, 2.75) is 20.3 Å². The third kappa shape index (κ3) is 4.77. The Morgan fingerprint density at radius 1 is 1.04 bits per heavy atom. The number of hydrogen-bond donors (Lipinski definition) is 2. The first-order valence-corrected chi connectivity index (χ1v) is 9.22. The molecule has 2 N–H and O–H groups in total. The lowest BCUT2D eigenvalue weighted by Crippen LogP contribution is -2.14. The van der Waals surface area contributed by atoms with Gasteiger partial charge in [-0.15, -0.1) is 11.3 Å². The molecule has 0 aliphatic rings. The molecule has 1 aromatic heterocycles. The number of aromatic nitrogens is 1. The number of carbonyl (C=O) groups excluding carboxylic acids is 2. The molecule has 0 aliphatic heterocycles. The lowest BCUT2D eigenvalue weighted by molar-refractivity contribution is -0.116. The number of hydrogen-bond acceptors (Lipinski definition) is 4. The number of thiazole rings is 1. The summed E-state index contributed by atoms with van der Waals surface area (Å²) in [7, 11) is 0. The summed E-state index contributed by atoms with van der Waals surface area (Å²) in [6.45, 7) is 3.22. The maximum absolute atomic E-state index is 13.5. The van der Waals surface area contributed by atoms with Gasteiger partial charge >= 0.3 is 0 Å². The Morgan fingerprint density at radius 2 is 1.75 bits per heavy atom. The predicted molar refractivity (Wildman–Crippen MR) is 105 cm³/mol. The molecule has 3 rings (SSSR count). The van der Waals surface area contributed by atoms with Crippen LogP contribution in [-0.4, -0.2) is 16.8 Å². The van der Waals surface area contributed by atoms with Crippen molar-refractivity contribution in [1.82, 2.24) is 4.98 Å². The lowest BCUT2D eigenvalue weighted by Gasteiger charge is -2.05. The lowest BCUT2D eigenvalue weighted by atomic mass is 10.1. The van der Waals surface area contributed by atoms with Gasteiger partial charge in [0.15, 0.2) is 16.8 Å². The van der Waals surface area contributed by atoms with Crippen LogP contribution in [0.2, 0.25) is 0 Å². The number of nitrogens with zero attached hydrogens (tertiary/aromatic N) is 1. The molecule has 0 atom stereocenters. The normalized spacial score (nSPS) is 10.6. The van der Waals surface area contributed by atoms with Gasteiger partial charge in [0.25, 0.3) is 0 Å². The predicted octanol–water partition coefficient (Wildman–Crippen LogP) is 4.54. The van der Waals surface area contributed by atoms with Gasteiger partial charge in [0.2, 0.25) is 11.8 Å². The number of anilines is 2. The molecule has 28 heavy (non-hydrogen) atoms. The topological polar surface area (TPSA) is 71.1 Å². The van der Waals surface area contributed by atoms with E-state index in [1.54, 1.807) is 31.2 Å². The average Bonchev–Trinajstić information content (AvgIpc) is 2.98. The summed E-state index contributed by atoms with van der Waals surface area (Å²) in [5, 5.41) is 5.77. The van der Waals surface area contributed by atoms with Crippen molar-refractivity contribution >= 4 is 34.0 Å². The highest BCUT2D eigenvalue weighted by Gasteiger charge is 2.14. The standard InChI is InChI=1S/C20H17F2N3O2S/c1-11-19(14-5-8-16(21)17(22)10-14)25-20(28-11)24-18(27)9-13-3-6-15(7-4-13)23-12(2)26/h3-8,10H,9H2,1-2H3,(H,23,26)(H,24,25,27). The van der Waals surface area contributed by atoms with E-state index in [0.29, 0.717) is 22.1 Å². The van der Waals surface area contributed by atoms with Gasteiger partial charge in [-0.25, -0.2) is 13.8 Å². The minimum atomic E-state index is -0.946. The van der Waals surface area contributed by atoms with Crippen LogP contribution in [-0.2, 0) is 16.0 Å². The summed E-state index contributed by atoms with van der Waals surface area (Å²) in [5.41, 5.74) is 2.38. The highest BCUT2D eigenvalue weighted by molar-refractivity contribution is 7.16. The van der Waals surface area contributed by atoms with E-state index in [4.69, 9.17) is 0 Å². The average molecular weight is 401 g/mol. The van der Waals surface area contributed by atoms with Gasteiger partial charge < -0.3 is 10.6 Å². The number of carbonyl (C=O) groups is 2. The van der Waals surface area contributed by atoms with Crippen molar-refractivity contribution < 1.29 is 18.4 Å². The summed E-state index contributed by atoms with van der Waals surface area (Å²) in [5.74, 6) is -2.28. The van der Waals surface area contributed by atoms with Crippen LogP contribution in [0.4, 0.5) is 19.6 Å². The van der Waals surface area contributed by atoms with E-state index in [-0.39, 0.29) is 18.2 Å². The molecule has 2 aromatic carbocycles. The van der Waals surface area contributed by atoms with Crippen molar-refractivity contribution in [3.05, 3.63) is 64.5 Å². The van der Waals surface area contributed by atoms with Gasteiger partial charge in [-0.1, -0.05) is 12.1 Å². The Kier molecular flexibility index (Phi) is 5.79. The molecule has 0 spiro atoms. The first kappa shape index (κ1) is 19.6. The van der Waals surface area contributed by atoms with Crippen LogP contribution < -0.4 is 10.6 Å². The monoisotopic (exact) mass is 401 g/mol. The molecule has 0 aliphatic carbocycles. The van der Waals surface area contributed by atoms with Crippen molar-refractivity contribution in [1.29, 1.82) is 0 Å². The molecule has 0 unspecified atom stereocenters. The van der Waals surface area contributed by atoms with Crippen LogP contribution in [0, 0.1) is 18.6 Å². The molecule has 2 amide bonds.